The molecule has 258 valence electrons. The van der Waals surface area contributed by atoms with Crippen molar-refractivity contribution >= 4 is 49.2 Å². The zero-order valence-corrected chi connectivity index (χ0v) is 30.8. The Balaban J connectivity index is 1.13. The Labute approximate surface area is 315 Å². The van der Waals surface area contributed by atoms with Gasteiger partial charge >= 0.3 is 0 Å². The van der Waals surface area contributed by atoms with Crippen LogP contribution in [0.15, 0.2) is 170 Å². The topological polar surface area (TPSA) is 9.86 Å². The minimum Gasteiger partial charge on any atom is -0.309 e. The normalized spacial score (nSPS) is 16.0. The van der Waals surface area contributed by atoms with Crippen LogP contribution < -0.4 is 0 Å². The number of rotatable bonds is 4. The van der Waals surface area contributed by atoms with E-state index in [0.29, 0.717) is 5.92 Å². The first kappa shape index (κ1) is 31.2. The van der Waals surface area contributed by atoms with Crippen molar-refractivity contribution in [3.05, 3.63) is 187 Å². The molecule has 1 atom stereocenters. The van der Waals surface area contributed by atoms with E-state index in [9.17, 15) is 0 Å². The standard InChI is InChI=1S/C52H40N2/c1-33-12-11-13-35(28-33)34-20-24-39(25-21-34)54-50-27-23-37(30-44(50)45-31-42-40-16-7-9-18-46(40)52(2,3)47(42)32-51(45)54)36-22-26-49-43(29-36)41-17-8-10-19-48(41)53(49)38-14-5-4-6-15-38/h4-11,13-33H,12H2,1-3H3. The summed E-state index contributed by atoms with van der Waals surface area (Å²) in [4.78, 5) is 0. The summed E-state index contributed by atoms with van der Waals surface area (Å²) >= 11 is 0. The van der Waals surface area contributed by atoms with Gasteiger partial charge < -0.3 is 9.13 Å². The minimum atomic E-state index is -0.0821. The molecular weight excluding hydrogens is 653 g/mol. The van der Waals surface area contributed by atoms with E-state index in [2.05, 4.69) is 200 Å². The maximum atomic E-state index is 2.49. The number of hydrogen-bond acceptors (Lipinski definition) is 0. The Bertz CT molecular complexity index is 3040. The first-order chi connectivity index (χ1) is 26.4. The number of para-hydroxylation sites is 2. The van der Waals surface area contributed by atoms with Gasteiger partial charge in [0, 0.05) is 38.3 Å². The summed E-state index contributed by atoms with van der Waals surface area (Å²) < 4.78 is 4.88. The van der Waals surface area contributed by atoms with E-state index in [0.717, 1.165) is 6.42 Å². The van der Waals surface area contributed by atoms with Crippen molar-refractivity contribution in [2.75, 3.05) is 0 Å². The monoisotopic (exact) mass is 692 g/mol. The van der Waals surface area contributed by atoms with Crippen molar-refractivity contribution in [3.63, 3.8) is 0 Å². The Morgan fingerprint density at radius 3 is 1.83 bits per heavy atom. The molecule has 54 heavy (non-hydrogen) atoms. The molecule has 11 rings (SSSR count). The van der Waals surface area contributed by atoms with Gasteiger partial charge in [0.15, 0.2) is 0 Å². The predicted molar refractivity (Wildman–Crippen MR) is 229 cm³/mol. The molecular formula is C52H40N2. The zero-order valence-electron chi connectivity index (χ0n) is 30.8. The van der Waals surface area contributed by atoms with Gasteiger partial charge in [-0.05, 0) is 124 Å². The zero-order chi connectivity index (χ0) is 36.1. The lowest BCUT2D eigenvalue weighted by molar-refractivity contribution is 0.661. The van der Waals surface area contributed by atoms with E-state index < -0.39 is 0 Å². The first-order valence-electron chi connectivity index (χ1n) is 19.2. The second-order valence-electron chi connectivity index (χ2n) is 15.9. The highest BCUT2D eigenvalue weighted by atomic mass is 15.0. The van der Waals surface area contributed by atoms with Crippen LogP contribution in [0, 0.1) is 5.92 Å². The number of hydrogen-bond donors (Lipinski definition) is 0. The maximum Gasteiger partial charge on any atom is 0.0544 e. The van der Waals surface area contributed by atoms with Crippen molar-refractivity contribution < 1.29 is 0 Å². The Morgan fingerprint density at radius 1 is 0.481 bits per heavy atom. The predicted octanol–water partition coefficient (Wildman–Crippen LogP) is 13.8. The SMILES string of the molecule is CC1C=C(c2ccc(-n3c4ccc(-c5ccc6c(c5)c5ccccc5n6-c5ccccc5)cc4c4cc5c(cc43)C(C)(C)c3ccccc3-5)cc2)C=CC1. The van der Waals surface area contributed by atoms with Crippen LogP contribution in [-0.2, 0) is 5.41 Å². The molecule has 9 aromatic rings. The molecule has 7 aromatic carbocycles. The second kappa shape index (κ2) is 11.6. The summed E-state index contributed by atoms with van der Waals surface area (Å²) in [5, 5.41) is 5.10. The summed E-state index contributed by atoms with van der Waals surface area (Å²) in [6, 6.07) is 56.7. The van der Waals surface area contributed by atoms with E-state index in [1.165, 1.54) is 99.5 Å². The molecule has 0 saturated carbocycles. The maximum absolute atomic E-state index is 2.49. The second-order valence-corrected chi connectivity index (χ2v) is 15.9. The molecule has 0 spiro atoms. The molecule has 2 aromatic heterocycles. The van der Waals surface area contributed by atoms with E-state index in [-0.39, 0.29) is 5.41 Å². The summed E-state index contributed by atoms with van der Waals surface area (Å²) in [5.41, 5.74) is 17.7. The number of nitrogens with zero attached hydrogens (tertiary/aromatic N) is 2. The first-order valence-corrected chi connectivity index (χ1v) is 19.2. The summed E-state index contributed by atoms with van der Waals surface area (Å²) in [5.74, 6) is 0.564. The van der Waals surface area contributed by atoms with Crippen molar-refractivity contribution in [2.24, 2.45) is 5.92 Å². The lowest BCUT2D eigenvalue weighted by atomic mass is 9.82. The van der Waals surface area contributed by atoms with Crippen LogP contribution in [0.3, 0.4) is 0 Å². The quantitative estimate of drug-likeness (QED) is 0.174. The highest BCUT2D eigenvalue weighted by molar-refractivity contribution is 6.14. The van der Waals surface area contributed by atoms with Crippen molar-refractivity contribution in [3.8, 4) is 33.6 Å². The van der Waals surface area contributed by atoms with Gasteiger partial charge in [-0.25, -0.2) is 0 Å². The van der Waals surface area contributed by atoms with Crippen LogP contribution in [0.4, 0.5) is 0 Å². The highest BCUT2D eigenvalue weighted by Gasteiger charge is 2.36. The van der Waals surface area contributed by atoms with Gasteiger partial charge in [-0.3, -0.25) is 0 Å². The van der Waals surface area contributed by atoms with Crippen molar-refractivity contribution in [2.45, 2.75) is 32.6 Å². The van der Waals surface area contributed by atoms with Crippen molar-refractivity contribution in [1.29, 1.82) is 0 Å². The van der Waals surface area contributed by atoms with Crippen LogP contribution in [0.25, 0.3) is 82.8 Å². The minimum absolute atomic E-state index is 0.0821. The number of benzene rings is 7. The van der Waals surface area contributed by atoms with E-state index in [4.69, 9.17) is 0 Å². The lowest BCUT2D eigenvalue weighted by Gasteiger charge is -2.21. The molecule has 0 bridgehead atoms. The van der Waals surface area contributed by atoms with Gasteiger partial charge in [0.1, 0.15) is 0 Å². The van der Waals surface area contributed by atoms with Crippen LogP contribution in [0.1, 0.15) is 43.9 Å². The number of fused-ring (bicyclic) bond motifs is 9. The Morgan fingerprint density at radius 2 is 1.07 bits per heavy atom. The molecule has 0 radical (unpaired) electrons. The van der Waals surface area contributed by atoms with Crippen LogP contribution in [-0.4, -0.2) is 9.13 Å². The molecule has 2 heterocycles. The van der Waals surface area contributed by atoms with Crippen LogP contribution >= 0.6 is 0 Å². The Hall–Kier alpha value is -6.38. The largest absolute Gasteiger partial charge is 0.309 e. The molecule has 0 saturated heterocycles. The summed E-state index contributed by atoms with van der Waals surface area (Å²) in [6.07, 6.45) is 8.09. The third kappa shape index (κ3) is 4.53. The summed E-state index contributed by atoms with van der Waals surface area (Å²) in [7, 11) is 0. The molecule has 1 unspecified atom stereocenters. The fraction of sp³-hybridized carbons (Fsp3) is 0.115. The average Bonchev–Trinajstić information content (AvgIpc) is 3.80. The third-order valence-corrected chi connectivity index (χ3v) is 12.2. The fourth-order valence-electron chi connectivity index (χ4n) is 9.51. The number of allylic oxidation sites excluding steroid dienone is 4. The van der Waals surface area contributed by atoms with Gasteiger partial charge in [-0.15, -0.1) is 0 Å². The fourth-order valence-corrected chi connectivity index (χ4v) is 9.51. The third-order valence-electron chi connectivity index (χ3n) is 12.2. The van der Waals surface area contributed by atoms with E-state index >= 15 is 0 Å². The number of aromatic nitrogens is 2. The highest BCUT2D eigenvalue weighted by Crippen LogP contribution is 2.51. The van der Waals surface area contributed by atoms with Crippen molar-refractivity contribution in [1.82, 2.24) is 9.13 Å². The molecule has 2 aliphatic rings. The van der Waals surface area contributed by atoms with E-state index in [1.807, 2.05) is 0 Å². The van der Waals surface area contributed by atoms with E-state index in [1.54, 1.807) is 0 Å². The Kier molecular flexibility index (Phi) is 6.67. The van der Waals surface area contributed by atoms with Gasteiger partial charge in [0.05, 0.1) is 22.1 Å². The van der Waals surface area contributed by atoms with Gasteiger partial charge in [0.25, 0.3) is 0 Å². The smallest absolute Gasteiger partial charge is 0.0544 e. The average molecular weight is 693 g/mol. The molecule has 0 aliphatic heterocycles. The van der Waals surface area contributed by atoms with Gasteiger partial charge in [-0.2, -0.15) is 0 Å². The molecule has 0 N–H and O–H groups in total. The molecule has 2 aliphatic carbocycles. The molecule has 0 amide bonds. The molecule has 2 heteroatoms. The molecule has 0 fully saturated rings. The van der Waals surface area contributed by atoms with Crippen LogP contribution in [0.2, 0.25) is 0 Å². The lowest BCUT2D eigenvalue weighted by Crippen LogP contribution is -2.14. The molecule has 2 nitrogen and oxygen atoms in total. The summed E-state index contributed by atoms with van der Waals surface area (Å²) in [6.45, 7) is 7.05. The van der Waals surface area contributed by atoms with Gasteiger partial charge in [-0.1, -0.05) is 124 Å². The van der Waals surface area contributed by atoms with Gasteiger partial charge in [0.2, 0.25) is 0 Å². The van der Waals surface area contributed by atoms with Crippen LogP contribution in [0.5, 0.6) is 0 Å².